The van der Waals surface area contributed by atoms with E-state index in [0.29, 0.717) is 6.61 Å². The average Bonchev–Trinajstić information content (AvgIpc) is 2.37. The Kier molecular flexibility index (Phi) is 7.51. The monoisotopic (exact) mass is 345 g/mol. The van der Waals surface area contributed by atoms with Crippen molar-refractivity contribution in [2.24, 2.45) is 0 Å². The lowest BCUT2D eigenvalue weighted by Crippen LogP contribution is -2.15. The Bertz CT molecular complexity index is 446. The molecule has 1 rings (SSSR count). The van der Waals surface area contributed by atoms with Crippen LogP contribution in [-0.4, -0.2) is 13.2 Å². The lowest BCUT2D eigenvalue weighted by atomic mass is 10.1. The Hall–Kier alpha value is -0.510. The number of halogens is 2. The van der Waals surface area contributed by atoms with E-state index in [1.54, 1.807) is 5.54 Å². The summed E-state index contributed by atoms with van der Waals surface area (Å²) in [6.45, 7) is 8.51. The quantitative estimate of drug-likeness (QED) is 0.717. The van der Waals surface area contributed by atoms with Crippen molar-refractivity contribution >= 4 is 27.5 Å². The average molecular weight is 347 g/mol. The third-order valence-corrected chi connectivity index (χ3v) is 3.52. The maximum absolute atomic E-state index is 5.89. The van der Waals surface area contributed by atoms with Crippen LogP contribution in [0.3, 0.4) is 0 Å². The molecule has 0 saturated heterocycles. The first-order valence-electron chi connectivity index (χ1n) is 6.46. The Labute approximate surface area is 129 Å². The Morgan fingerprint density at radius 2 is 2.21 bits per heavy atom. The zero-order valence-corrected chi connectivity index (χ0v) is 14.1. The second-order valence-corrected chi connectivity index (χ2v) is 5.77. The normalized spacial score (nSPS) is 11.7. The second kappa shape index (κ2) is 8.62. The molecule has 0 fully saturated rings. The fourth-order valence-corrected chi connectivity index (χ4v) is 2.44. The molecular formula is C15H21BrClNO. The van der Waals surface area contributed by atoms with Crippen LogP contribution < -0.4 is 10.1 Å². The van der Waals surface area contributed by atoms with Crippen LogP contribution >= 0.6 is 27.5 Å². The SMILES string of the molecule is CCCNCc1cc(Br)cc(C)c1OC/C(C)=C/Cl. The molecule has 106 valence electrons. The van der Waals surface area contributed by atoms with Gasteiger partial charge in [0.15, 0.2) is 0 Å². The Morgan fingerprint density at radius 1 is 1.47 bits per heavy atom. The first-order valence-corrected chi connectivity index (χ1v) is 7.69. The molecule has 19 heavy (non-hydrogen) atoms. The number of rotatable bonds is 7. The molecule has 0 amide bonds. The van der Waals surface area contributed by atoms with E-state index in [2.05, 4.69) is 47.2 Å². The highest BCUT2D eigenvalue weighted by molar-refractivity contribution is 9.10. The van der Waals surface area contributed by atoms with Crippen molar-refractivity contribution in [3.63, 3.8) is 0 Å². The van der Waals surface area contributed by atoms with Gasteiger partial charge in [-0.25, -0.2) is 0 Å². The molecule has 0 heterocycles. The number of hydrogen-bond acceptors (Lipinski definition) is 2. The minimum atomic E-state index is 0.521. The third-order valence-electron chi connectivity index (χ3n) is 2.69. The largest absolute Gasteiger partial charge is 0.489 e. The predicted octanol–water partition coefficient (Wildman–Crippen LogP) is 4.78. The Balaban J connectivity index is 2.86. The standard InChI is InChI=1S/C15H21BrClNO/c1-4-5-18-9-13-7-14(16)6-12(3)15(13)19-10-11(2)8-17/h6-8,18H,4-5,9-10H2,1-3H3/b11-8+. The maximum atomic E-state index is 5.89. The van der Waals surface area contributed by atoms with Crippen LogP contribution in [-0.2, 0) is 6.54 Å². The van der Waals surface area contributed by atoms with Crippen LogP contribution in [0, 0.1) is 6.92 Å². The molecule has 0 aliphatic carbocycles. The van der Waals surface area contributed by atoms with Crippen LogP contribution in [0.4, 0.5) is 0 Å². The van der Waals surface area contributed by atoms with Crippen LogP contribution in [0.25, 0.3) is 0 Å². The van der Waals surface area contributed by atoms with Crippen LogP contribution in [0.5, 0.6) is 5.75 Å². The van der Waals surface area contributed by atoms with Crippen molar-refractivity contribution in [1.29, 1.82) is 0 Å². The molecule has 1 aromatic rings. The molecule has 4 heteroatoms. The third kappa shape index (κ3) is 5.55. The van der Waals surface area contributed by atoms with Gasteiger partial charge in [-0.1, -0.05) is 34.5 Å². The van der Waals surface area contributed by atoms with Gasteiger partial charge in [0.1, 0.15) is 12.4 Å². The molecule has 0 bridgehead atoms. The smallest absolute Gasteiger partial charge is 0.127 e. The van der Waals surface area contributed by atoms with Crippen molar-refractivity contribution < 1.29 is 4.74 Å². The van der Waals surface area contributed by atoms with E-state index >= 15 is 0 Å². The highest BCUT2D eigenvalue weighted by atomic mass is 79.9. The van der Waals surface area contributed by atoms with Crippen molar-refractivity contribution in [2.45, 2.75) is 33.7 Å². The minimum Gasteiger partial charge on any atom is -0.489 e. The molecule has 2 nitrogen and oxygen atoms in total. The highest BCUT2D eigenvalue weighted by Crippen LogP contribution is 2.28. The molecule has 0 spiro atoms. The second-order valence-electron chi connectivity index (χ2n) is 4.63. The summed E-state index contributed by atoms with van der Waals surface area (Å²) in [6.07, 6.45) is 1.12. The molecule has 1 N–H and O–H groups in total. The molecule has 0 aliphatic heterocycles. The van der Waals surface area contributed by atoms with E-state index in [1.807, 2.05) is 6.92 Å². The summed E-state index contributed by atoms with van der Waals surface area (Å²) in [5, 5.41) is 3.41. The molecule has 0 atom stereocenters. The lowest BCUT2D eigenvalue weighted by Gasteiger charge is -2.15. The van der Waals surface area contributed by atoms with Gasteiger partial charge in [0.25, 0.3) is 0 Å². The first kappa shape index (κ1) is 16.5. The van der Waals surface area contributed by atoms with Crippen LogP contribution in [0.2, 0.25) is 0 Å². The lowest BCUT2D eigenvalue weighted by molar-refractivity contribution is 0.345. The van der Waals surface area contributed by atoms with E-state index in [4.69, 9.17) is 16.3 Å². The van der Waals surface area contributed by atoms with Gasteiger partial charge in [-0.3, -0.25) is 0 Å². The number of aryl methyl sites for hydroxylation is 1. The van der Waals surface area contributed by atoms with E-state index in [9.17, 15) is 0 Å². The summed E-state index contributed by atoms with van der Waals surface area (Å²) < 4.78 is 6.97. The van der Waals surface area contributed by atoms with E-state index in [1.165, 1.54) is 5.56 Å². The summed E-state index contributed by atoms with van der Waals surface area (Å²) in [7, 11) is 0. The van der Waals surface area contributed by atoms with Gasteiger partial charge in [-0.05, 0) is 50.1 Å². The molecular weight excluding hydrogens is 326 g/mol. The molecule has 0 radical (unpaired) electrons. The van der Waals surface area contributed by atoms with Crippen molar-refractivity contribution in [3.05, 3.63) is 38.8 Å². The number of hydrogen-bond donors (Lipinski definition) is 1. The first-order chi connectivity index (χ1) is 9.08. The molecule has 1 aromatic carbocycles. The van der Waals surface area contributed by atoms with Gasteiger partial charge < -0.3 is 10.1 Å². The van der Waals surface area contributed by atoms with Crippen molar-refractivity contribution in [2.75, 3.05) is 13.2 Å². The summed E-state index contributed by atoms with van der Waals surface area (Å²) in [4.78, 5) is 0. The highest BCUT2D eigenvalue weighted by Gasteiger charge is 2.09. The van der Waals surface area contributed by atoms with Gasteiger partial charge >= 0.3 is 0 Å². The van der Waals surface area contributed by atoms with E-state index < -0.39 is 0 Å². The van der Waals surface area contributed by atoms with Crippen molar-refractivity contribution in [3.8, 4) is 5.75 Å². The number of nitrogens with one attached hydrogen (secondary N) is 1. The van der Waals surface area contributed by atoms with Crippen LogP contribution in [0.1, 0.15) is 31.4 Å². The van der Waals surface area contributed by atoms with Crippen molar-refractivity contribution in [1.82, 2.24) is 5.32 Å². The summed E-state index contributed by atoms with van der Waals surface area (Å²) in [5.41, 5.74) is 4.87. The van der Waals surface area contributed by atoms with Crippen LogP contribution in [0.15, 0.2) is 27.7 Å². The zero-order chi connectivity index (χ0) is 14.3. The van der Waals surface area contributed by atoms with Gasteiger partial charge in [-0.2, -0.15) is 0 Å². The molecule has 0 saturated carbocycles. The van der Waals surface area contributed by atoms with Gasteiger partial charge in [-0.15, -0.1) is 0 Å². The fourth-order valence-electron chi connectivity index (χ4n) is 1.75. The number of ether oxygens (including phenoxy) is 1. The van der Waals surface area contributed by atoms with Gasteiger partial charge in [0.05, 0.1) is 0 Å². The summed E-state index contributed by atoms with van der Waals surface area (Å²) in [5.74, 6) is 0.949. The molecule has 0 aromatic heterocycles. The zero-order valence-electron chi connectivity index (χ0n) is 11.7. The summed E-state index contributed by atoms with van der Waals surface area (Å²) in [6, 6.07) is 4.17. The maximum Gasteiger partial charge on any atom is 0.127 e. The van der Waals surface area contributed by atoms with Gasteiger partial charge in [0, 0.05) is 22.1 Å². The Morgan fingerprint density at radius 3 is 2.84 bits per heavy atom. The summed E-state index contributed by atoms with van der Waals surface area (Å²) >= 11 is 9.20. The minimum absolute atomic E-state index is 0.521. The number of benzene rings is 1. The van der Waals surface area contributed by atoms with Gasteiger partial charge in [0.2, 0.25) is 0 Å². The predicted molar refractivity (Wildman–Crippen MR) is 86.0 cm³/mol. The van der Waals surface area contributed by atoms with E-state index in [-0.39, 0.29) is 0 Å². The topological polar surface area (TPSA) is 21.3 Å². The fraction of sp³-hybridized carbons (Fsp3) is 0.467. The molecule has 0 unspecified atom stereocenters. The van der Waals surface area contributed by atoms with E-state index in [0.717, 1.165) is 40.9 Å². The molecule has 0 aliphatic rings.